The van der Waals surface area contributed by atoms with E-state index in [0.717, 1.165) is 32.1 Å². The summed E-state index contributed by atoms with van der Waals surface area (Å²) in [4.78, 5) is 15.2. The quantitative estimate of drug-likeness (QED) is 0.220. The SMILES string of the molecule is O=C(O)[C@@H](Cc1c[nH]c2ccccc12)NCc1cc(Br)ccc1OCc1ccc(Cl)c(Cl)c1. The van der Waals surface area contributed by atoms with Gasteiger partial charge in [0.15, 0.2) is 0 Å². The van der Waals surface area contributed by atoms with Crippen LogP contribution >= 0.6 is 39.1 Å². The van der Waals surface area contributed by atoms with Gasteiger partial charge in [-0.05, 0) is 47.5 Å². The van der Waals surface area contributed by atoms with Crippen LogP contribution in [0.4, 0.5) is 0 Å². The van der Waals surface area contributed by atoms with Crippen molar-refractivity contribution in [2.45, 2.75) is 25.6 Å². The van der Waals surface area contributed by atoms with Crippen LogP contribution in [0.5, 0.6) is 5.75 Å². The molecule has 170 valence electrons. The molecule has 3 N–H and O–H groups in total. The summed E-state index contributed by atoms with van der Waals surface area (Å²) in [6.07, 6.45) is 2.22. The number of hydrogen-bond donors (Lipinski definition) is 3. The average Bonchev–Trinajstić information content (AvgIpc) is 3.21. The molecule has 0 bridgehead atoms. The van der Waals surface area contributed by atoms with Gasteiger partial charge in [0.05, 0.1) is 10.0 Å². The summed E-state index contributed by atoms with van der Waals surface area (Å²) in [7, 11) is 0. The molecule has 4 aromatic rings. The minimum absolute atomic E-state index is 0.309. The predicted molar refractivity (Wildman–Crippen MR) is 135 cm³/mol. The number of carboxylic acid groups (broad SMARTS) is 1. The van der Waals surface area contributed by atoms with Crippen molar-refractivity contribution in [1.29, 1.82) is 0 Å². The number of aromatic nitrogens is 1. The normalized spacial score (nSPS) is 12.1. The number of hydrogen-bond acceptors (Lipinski definition) is 3. The lowest BCUT2D eigenvalue weighted by Gasteiger charge is -2.17. The Bertz CT molecular complexity index is 1290. The second kappa shape index (κ2) is 10.6. The first-order valence-electron chi connectivity index (χ1n) is 10.3. The summed E-state index contributed by atoms with van der Waals surface area (Å²) in [5.41, 5.74) is 3.67. The van der Waals surface area contributed by atoms with Gasteiger partial charge in [-0.3, -0.25) is 10.1 Å². The number of halogens is 3. The molecule has 1 aromatic heterocycles. The molecule has 0 aliphatic carbocycles. The first-order chi connectivity index (χ1) is 15.9. The van der Waals surface area contributed by atoms with E-state index in [2.05, 4.69) is 26.2 Å². The molecule has 3 aromatic carbocycles. The van der Waals surface area contributed by atoms with Crippen LogP contribution < -0.4 is 10.1 Å². The number of para-hydroxylation sites is 1. The van der Waals surface area contributed by atoms with Crippen molar-refractivity contribution in [3.8, 4) is 5.75 Å². The standard InChI is InChI=1S/C25H21BrCl2N2O3/c26-18-6-8-24(33-14-15-5-7-20(27)21(28)9-15)17(10-18)13-30-23(25(31)32)11-16-12-29-22-4-2-1-3-19(16)22/h1-10,12,23,29-30H,11,13-14H2,(H,31,32)/t23-/m1/s1. The molecule has 0 unspecified atom stereocenters. The zero-order valence-electron chi connectivity index (χ0n) is 17.4. The smallest absolute Gasteiger partial charge is 0.321 e. The van der Waals surface area contributed by atoms with E-state index in [9.17, 15) is 9.90 Å². The number of carboxylic acids is 1. The maximum absolute atomic E-state index is 12.0. The Hall–Kier alpha value is -2.51. The van der Waals surface area contributed by atoms with E-state index in [4.69, 9.17) is 27.9 Å². The van der Waals surface area contributed by atoms with Gasteiger partial charge in [-0.25, -0.2) is 0 Å². The Labute approximate surface area is 209 Å². The van der Waals surface area contributed by atoms with E-state index >= 15 is 0 Å². The van der Waals surface area contributed by atoms with E-state index in [1.807, 2.05) is 54.7 Å². The third-order valence-corrected chi connectivity index (χ3v) is 6.57. The highest BCUT2D eigenvalue weighted by Crippen LogP contribution is 2.27. The van der Waals surface area contributed by atoms with Gasteiger partial charge in [0.2, 0.25) is 0 Å². The molecule has 0 saturated heterocycles. The number of ether oxygens (including phenoxy) is 1. The van der Waals surface area contributed by atoms with E-state index in [1.165, 1.54) is 0 Å². The topological polar surface area (TPSA) is 74.3 Å². The fourth-order valence-corrected chi connectivity index (χ4v) is 4.35. The van der Waals surface area contributed by atoms with Gasteiger partial charge in [-0.1, -0.05) is 63.4 Å². The number of benzene rings is 3. The monoisotopic (exact) mass is 546 g/mol. The first-order valence-corrected chi connectivity index (χ1v) is 11.8. The van der Waals surface area contributed by atoms with E-state index in [-0.39, 0.29) is 0 Å². The lowest BCUT2D eigenvalue weighted by atomic mass is 10.0. The van der Waals surface area contributed by atoms with Gasteiger partial charge in [-0.15, -0.1) is 0 Å². The van der Waals surface area contributed by atoms with Crippen LogP contribution in [0.2, 0.25) is 10.0 Å². The summed E-state index contributed by atoms with van der Waals surface area (Å²) in [5.74, 6) is -0.249. The van der Waals surface area contributed by atoms with Gasteiger partial charge < -0.3 is 14.8 Å². The molecule has 8 heteroatoms. The van der Waals surface area contributed by atoms with Crippen molar-refractivity contribution >= 4 is 56.0 Å². The van der Waals surface area contributed by atoms with E-state index in [0.29, 0.717) is 35.4 Å². The molecular weight excluding hydrogens is 527 g/mol. The zero-order chi connectivity index (χ0) is 23.4. The molecule has 0 aliphatic rings. The van der Waals surface area contributed by atoms with Crippen LogP contribution in [0, 0.1) is 0 Å². The fourth-order valence-electron chi connectivity index (χ4n) is 3.62. The lowest BCUT2D eigenvalue weighted by Crippen LogP contribution is -2.38. The molecule has 1 heterocycles. The number of aromatic amines is 1. The van der Waals surface area contributed by atoms with Crippen molar-refractivity contribution in [3.05, 3.63) is 98.1 Å². The van der Waals surface area contributed by atoms with Crippen LogP contribution in [0.1, 0.15) is 16.7 Å². The largest absolute Gasteiger partial charge is 0.489 e. The van der Waals surface area contributed by atoms with Crippen LogP contribution in [0.15, 0.2) is 71.3 Å². The molecule has 0 saturated carbocycles. The van der Waals surface area contributed by atoms with E-state index in [1.54, 1.807) is 12.1 Å². The summed E-state index contributed by atoms with van der Waals surface area (Å²) in [6.45, 7) is 0.638. The van der Waals surface area contributed by atoms with Crippen LogP contribution in [0.3, 0.4) is 0 Å². The van der Waals surface area contributed by atoms with Crippen LogP contribution in [-0.2, 0) is 24.4 Å². The van der Waals surface area contributed by atoms with Crippen LogP contribution in [0.25, 0.3) is 10.9 Å². The third kappa shape index (κ3) is 5.89. The third-order valence-electron chi connectivity index (χ3n) is 5.34. The van der Waals surface area contributed by atoms with Crippen molar-refractivity contribution in [2.24, 2.45) is 0 Å². The number of nitrogens with one attached hydrogen (secondary N) is 2. The number of rotatable bonds is 9. The van der Waals surface area contributed by atoms with Crippen molar-refractivity contribution in [2.75, 3.05) is 0 Å². The van der Waals surface area contributed by atoms with Gasteiger partial charge in [0.25, 0.3) is 0 Å². The Morgan fingerprint density at radius 1 is 1.06 bits per heavy atom. The minimum Gasteiger partial charge on any atom is -0.489 e. The predicted octanol–water partition coefficient (Wildman–Crippen LogP) is 6.60. The van der Waals surface area contributed by atoms with Crippen LogP contribution in [-0.4, -0.2) is 22.1 Å². The Balaban J connectivity index is 1.47. The molecule has 5 nitrogen and oxygen atoms in total. The lowest BCUT2D eigenvalue weighted by molar-refractivity contribution is -0.139. The number of aliphatic carboxylic acids is 1. The summed E-state index contributed by atoms with van der Waals surface area (Å²) >= 11 is 15.6. The Morgan fingerprint density at radius 2 is 1.88 bits per heavy atom. The fraction of sp³-hybridized carbons (Fsp3) is 0.160. The summed E-state index contributed by atoms with van der Waals surface area (Å²) < 4.78 is 6.89. The molecule has 1 atom stereocenters. The molecule has 0 fully saturated rings. The highest BCUT2D eigenvalue weighted by molar-refractivity contribution is 9.10. The van der Waals surface area contributed by atoms with Gasteiger partial charge in [0.1, 0.15) is 18.4 Å². The Morgan fingerprint density at radius 3 is 2.67 bits per heavy atom. The minimum atomic E-state index is -0.909. The number of fused-ring (bicyclic) bond motifs is 1. The molecule has 0 aliphatic heterocycles. The van der Waals surface area contributed by atoms with Crippen molar-refractivity contribution in [3.63, 3.8) is 0 Å². The summed E-state index contributed by atoms with van der Waals surface area (Å²) in [5, 5.41) is 15.0. The molecule has 0 spiro atoms. The van der Waals surface area contributed by atoms with Gasteiger partial charge in [0, 0.05) is 40.1 Å². The maximum Gasteiger partial charge on any atom is 0.321 e. The zero-order valence-corrected chi connectivity index (χ0v) is 20.5. The van der Waals surface area contributed by atoms with Crippen molar-refractivity contribution in [1.82, 2.24) is 10.3 Å². The molecule has 0 radical (unpaired) electrons. The Kier molecular flexibility index (Phi) is 7.60. The highest BCUT2D eigenvalue weighted by Gasteiger charge is 2.20. The second-order valence-corrected chi connectivity index (χ2v) is 9.35. The first kappa shape index (κ1) is 23.6. The molecule has 4 rings (SSSR count). The van der Waals surface area contributed by atoms with Crippen molar-refractivity contribution < 1.29 is 14.6 Å². The molecule has 0 amide bonds. The number of carbonyl (C=O) groups is 1. The highest BCUT2D eigenvalue weighted by atomic mass is 79.9. The average molecular weight is 548 g/mol. The summed E-state index contributed by atoms with van der Waals surface area (Å²) in [6, 6.07) is 18.1. The molecule has 33 heavy (non-hydrogen) atoms. The van der Waals surface area contributed by atoms with Gasteiger partial charge >= 0.3 is 5.97 Å². The number of H-pyrrole nitrogens is 1. The second-order valence-electron chi connectivity index (χ2n) is 7.62. The van der Waals surface area contributed by atoms with E-state index < -0.39 is 12.0 Å². The van der Waals surface area contributed by atoms with Gasteiger partial charge in [-0.2, -0.15) is 0 Å². The maximum atomic E-state index is 12.0. The molecular formula is C25H21BrCl2N2O3.